The fourth-order valence-corrected chi connectivity index (χ4v) is 1.74. The van der Waals surface area contributed by atoms with Gasteiger partial charge in [-0.3, -0.25) is 20.2 Å². The van der Waals surface area contributed by atoms with Crippen LogP contribution in [0.15, 0.2) is 0 Å². The van der Waals surface area contributed by atoms with Crippen molar-refractivity contribution < 1.29 is 38.2 Å². The summed E-state index contributed by atoms with van der Waals surface area (Å²) < 4.78 is 36.1. The second-order valence-electron chi connectivity index (χ2n) is 4.36. The average molecular weight is 303 g/mol. The van der Waals surface area contributed by atoms with Gasteiger partial charge in [-0.1, -0.05) is 0 Å². The van der Waals surface area contributed by atoms with Crippen LogP contribution in [0.2, 0.25) is 0 Å². The number of piperidine rings is 1. The van der Waals surface area contributed by atoms with Crippen LogP contribution in [-0.2, 0) is 4.79 Å². The van der Waals surface area contributed by atoms with Gasteiger partial charge >= 0.3 is 12.1 Å². The van der Waals surface area contributed by atoms with Crippen molar-refractivity contribution in [2.24, 2.45) is 0 Å². The quantitative estimate of drug-likeness (QED) is 0.282. The average Bonchev–Trinajstić information content (AvgIpc) is 2.28. The summed E-state index contributed by atoms with van der Waals surface area (Å²) in [5.41, 5.74) is -2.36. The van der Waals surface area contributed by atoms with E-state index < -0.39 is 54.1 Å². The Hall–Kier alpha value is -1.50. The molecule has 1 aliphatic rings. The van der Waals surface area contributed by atoms with E-state index in [0.29, 0.717) is 0 Å². The van der Waals surface area contributed by atoms with Crippen LogP contribution in [0, 0.1) is 10.1 Å². The van der Waals surface area contributed by atoms with Gasteiger partial charge in [-0.2, -0.15) is 13.2 Å². The molecule has 116 valence electrons. The first kappa shape index (κ1) is 16.6. The van der Waals surface area contributed by atoms with E-state index in [-0.39, 0.29) is 0 Å². The maximum Gasteiger partial charge on any atom is 0.471 e. The third-order valence-corrected chi connectivity index (χ3v) is 2.79. The maximum atomic E-state index is 12.0. The summed E-state index contributed by atoms with van der Waals surface area (Å²) in [6.07, 6.45) is -11.1. The number of nitrogens with one attached hydrogen (secondary N) is 2. The molecule has 0 radical (unpaired) electrons. The predicted octanol–water partition coefficient (Wildman–Crippen LogP) is -2.68. The Morgan fingerprint density at radius 1 is 1.50 bits per heavy atom. The van der Waals surface area contributed by atoms with E-state index in [2.05, 4.69) is 5.32 Å². The monoisotopic (exact) mass is 303 g/mol. The number of aliphatic hydroxyl groups excluding tert-OH is 2. The smallest absolute Gasteiger partial charge is 0.387 e. The molecule has 1 rings (SSSR count). The van der Waals surface area contributed by atoms with Crippen molar-refractivity contribution in [2.75, 3.05) is 13.1 Å². The van der Waals surface area contributed by atoms with Crippen molar-refractivity contribution >= 4 is 5.91 Å². The number of hydrogen-bond acceptors (Lipinski definition) is 7. The van der Waals surface area contributed by atoms with Crippen LogP contribution < -0.4 is 10.6 Å². The highest BCUT2D eigenvalue weighted by Crippen LogP contribution is 2.21. The molecule has 0 spiro atoms. The Morgan fingerprint density at radius 3 is 2.50 bits per heavy atom. The van der Waals surface area contributed by atoms with Gasteiger partial charge < -0.3 is 20.6 Å². The highest BCUT2D eigenvalue weighted by molar-refractivity contribution is 5.82. The van der Waals surface area contributed by atoms with Crippen LogP contribution in [0.25, 0.3) is 0 Å². The van der Waals surface area contributed by atoms with E-state index in [9.17, 15) is 43.4 Å². The number of hydrogen-bond donors (Lipinski definition) is 5. The van der Waals surface area contributed by atoms with Gasteiger partial charge in [0.15, 0.2) is 5.60 Å². The van der Waals surface area contributed by atoms with E-state index in [1.54, 1.807) is 0 Å². The minimum absolute atomic E-state index is 0.686. The minimum atomic E-state index is -5.19. The van der Waals surface area contributed by atoms with Gasteiger partial charge in [0.25, 0.3) is 0 Å². The van der Waals surface area contributed by atoms with E-state index >= 15 is 0 Å². The van der Waals surface area contributed by atoms with E-state index in [0.717, 1.165) is 0 Å². The molecule has 1 aliphatic heterocycles. The zero-order valence-electron chi connectivity index (χ0n) is 9.79. The summed E-state index contributed by atoms with van der Waals surface area (Å²) in [5, 5.41) is 42.6. The second-order valence-corrected chi connectivity index (χ2v) is 4.36. The largest absolute Gasteiger partial charge is 0.471 e. The molecule has 0 saturated carbocycles. The molecular weight excluding hydrogens is 291 g/mol. The number of rotatable bonds is 3. The molecule has 0 aliphatic carbocycles. The lowest BCUT2D eigenvalue weighted by molar-refractivity contribution is -0.506. The Bertz CT molecular complexity index is 405. The van der Waals surface area contributed by atoms with Crippen molar-refractivity contribution in [3.05, 3.63) is 10.1 Å². The molecule has 9 nitrogen and oxygen atoms in total. The number of amides is 1. The Morgan fingerprint density at radius 2 is 2.05 bits per heavy atom. The van der Waals surface area contributed by atoms with Gasteiger partial charge in [0.1, 0.15) is 18.4 Å². The molecule has 0 bridgehead atoms. The number of nitro groups is 1. The SMILES string of the molecule is O=C(N[C@@H]1NC[C@@](O)(C[N+](=O)[O-])[C@@H](O)[C@H]1O)C(F)(F)F. The standard InChI is InChI=1S/C8H12F3N3O6/c9-8(10,11)6(17)13-5-3(15)4(16)7(18,1-12-5)2-14(19)20/h3-5,12,15-16,18H,1-2H2,(H,13,17)/t3-,4+,5+,7-/m1/s1. The Labute approximate surface area is 109 Å². The normalized spacial score (nSPS) is 34.6. The van der Waals surface area contributed by atoms with Gasteiger partial charge in [0.2, 0.25) is 6.54 Å². The summed E-state index contributed by atoms with van der Waals surface area (Å²) in [7, 11) is 0. The molecule has 1 fully saturated rings. The number of carbonyl (C=O) groups excluding carboxylic acids is 1. The van der Waals surface area contributed by atoms with E-state index in [1.165, 1.54) is 5.32 Å². The highest BCUT2D eigenvalue weighted by atomic mass is 19.4. The van der Waals surface area contributed by atoms with Crippen LogP contribution in [0.5, 0.6) is 0 Å². The van der Waals surface area contributed by atoms with Gasteiger partial charge in [0, 0.05) is 11.5 Å². The van der Waals surface area contributed by atoms with E-state index in [1.807, 2.05) is 0 Å². The van der Waals surface area contributed by atoms with Crippen LogP contribution >= 0.6 is 0 Å². The van der Waals surface area contributed by atoms with Crippen LogP contribution in [0.4, 0.5) is 13.2 Å². The van der Waals surface area contributed by atoms with Gasteiger partial charge in [-0.15, -0.1) is 0 Å². The molecule has 1 amide bonds. The van der Waals surface area contributed by atoms with Gasteiger partial charge in [-0.05, 0) is 0 Å². The van der Waals surface area contributed by atoms with Crippen molar-refractivity contribution in [1.82, 2.24) is 10.6 Å². The molecule has 1 saturated heterocycles. The van der Waals surface area contributed by atoms with E-state index in [4.69, 9.17) is 0 Å². The lowest BCUT2D eigenvalue weighted by atomic mass is 9.87. The number of β-amino-alcohol motifs (C(OH)–C–C–N with tert-alkyl or cyclic N) is 1. The third kappa shape index (κ3) is 3.53. The fraction of sp³-hybridized carbons (Fsp3) is 0.875. The van der Waals surface area contributed by atoms with Crippen LogP contribution in [0.3, 0.4) is 0 Å². The molecule has 0 unspecified atom stereocenters. The topological polar surface area (TPSA) is 145 Å². The number of carbonyl (C=O) groups is 1. The van der Waals surface area contributed by atoms with Crippen molar-refractivity contribution in [3.8, 4) is 0 Å². The Balaban J connectivity index is 2.75. The van der Waals surface area contributed by atoms with Crippen LogP contribution in [0.1, 0.15) is 0 Å². The van der Waals surface area contributed by atoms with Crippen molar-refractivity contribution in [3.63, 3.8) is 0 Å². The zero-order chi connectivity index (χ0) is 15.7. The maximum absolute atomic E-state index is 12.0. The fourth-order valence-electron chi connectivity index (χ4n) is 1.74. The van der Waals surface area contributed by atoms with Crippen LogP contribution in [-0.4, -0.2) is 69.4 Å². The molecule has 4 atom stereocenters. The molecule has 0 aromatic heterocycles. The minimum Gasteiger partial charge on any atom is -0.387 e. The predicted molar refractivity (Wildman–Crippen MR) is 54.8 cm³/mol. The third-order valence-electron chi connectivity index (χ3n) is 2.79. The number of halogens is 3. The first-order chi connectivity index (χ1) is 8.97. The number of nitrogens with zero attached hydrogens (tertiary/aromatic N) is 1. The second kappa shape index (κ2) is 5.47. The lowest BCUT2D eigenvalue weighted by Crippen LogP contribution is -2.72. The van der Waals surface area contributed by atoms with Crippen molar-refractivity contribution in [2.45, 2.75) is 30.2 Å². The molecular formula is C8H12F3N3O6. The summed E-state index contributed by atoms with van der Waals surface area (Å²) in [6, 6.07) is 0. The molecule has 5 N–H and O–H groups in total. The summed E-state index contributed by atoms with van der Waals surface area (Å²) in [5.74, 6) is -2.36. The first-order valence-electron chi connectivity index (χ1n) is 5.29. The van der Waals surface area contributed by atoms with Gasteiger partial charge in [-0.25, -0.2) is 0 Å². The zero-order valence-corrected chi connectivity index (χ0v) is 9.79. The summed E-state index contributed by atoms with van der Waals surface area (Å²) >= 11 is 0. The summed E-state index contributed by atoms with van der Waals surface area (Å²) in [4.78, 5) is 20.1. The van der Waals surface area contributed by atoms with Gasteiger partial charge in [0.05, 0.1) is 0 Å². The first-order valence-corrected chi connectivity index (χ1v) is 5.29. The Kier molecular flexibility index (Phi) is 4.53. The molecule has 1 heterocycles. The molecule has 20 heavy (non-hydrogen) atoms. The summed E-state index contributed by atoms with van der Waals surface area (Å²) in [6.45, 7) is -1.81. The molecule has 12 heteroatoms. The lowest BCUT2D eigenvalue weighted by Gasteiger charge is -2.42. The molecule has 0 aromatic rings. The highest BCUT2D eigenvalue weighted by Gasteiger charge is 2.52. The number of aliphatic hydroxyl groups is 3. The number of alkyl halides is 3. The van der Waals surface area contributed by atoms with Crippen molar-refractivity contribution in [1.29, 1.82) is 0 Å². The molecule has 0 aromatic carbocycles.